The third-order valence-corrected chi connectivity index (χ3v) is 4.87. The molecule has 1 aromatic heterocycles. The normalized spacial score (nSPS) is 19.9. The summed E-state index contributed by atoms with van der Waals surface area (Å²) in [5, 5.41) is 6.70. The van der Waals surface area contributed by atoms with Crippen LogP contribution in [0.2, 0.25) is 0 Å². The molecule has 0 spiro atoms. The second kappa shape index (κ2) is 7.62. The number of carbonyl (C=O) groups excluding carboxylic acids is 1. The minimum Gasteiger partial charge on any atom is -0.444 e. The quantitative estimate of drug-likeness (QED) is 0.888. The lowest BCUT2D eigenvalue weighted by Crippen LogP contribution is -2.42. The number of ether oxygens (including phenoxy) is 1. The van der Waals surface area contributed by atoms with Crippen LogP contribution < -0.4 is 5.32 Å². The van der Waals surface area contributed by atoms with Crippen molar-refractivity contribution in [1.82, 2.24) is 15.2 Å². The second-order valence-electron chi connectivity index (χ2n) is 7.37. The smallest absolute Gasteiger partial charge is 0.410 e. The Bertz CT molecular complexity index is 524. The van der Waals surface area contributed by atoms with E-state index >= 15 is 0 Å². The van der Waals surface area contributed by atoms with E-state index in [1.54, 1.807) is 11.3 Å². The average molecular weight is 340 g/mol. The zero-order valence-corrected chi connectivity index (χ0v) is 15.7. The van der Waals surface area contributed by atoms with E-state index in [-0.39, 0.29) is 12.1 Å². The molecule has 1 aliphatic rings. The van der Waals surface area contributed by atoms with Gasteiger partial charge in [-0.05, 0) is 53.9 Å². The highest BCUT2D eigenvalue weighted by atomic mass is 32.1. The molecule has 6 heteroatoms. The summed E-state index contributed by atoms with van der Waals surface area (Å²) in [6.07, 6.45) is 2.89. The number of thiazole rings is 1. The van der Waals surface area contributed by atoms with E-state index < -0.39 is 5.60 Å². The van der Waals surface area contributed by atoms with Crippen LogP contribution in [0, 0.1) is 6.92 Å². The van der Waals surface area contributed by atoms with Crippen molar-refractivity contribution in [1.29, 1.82) is 0 Å². The Morgan fingerprint density at radius 2 is 2.30 bits per heavy atom. The molecule has 23 heavy (non-hydrogen) atoms. The Kier molecular flexibility index (Phi) is 6.03. The summed E-state index contributed by atoms with van der Waals surface area (Å²) in [6.45, 7) is 11.5. The second-order valence-corrected chi connectivity index (χ2v) is 8.31. The van der Waals surface area contributed by atoms with E-state index in [4.69, 9.17) is 4.74 Å². The van der Waals surface area contributed by atoms with E-state index in [0.29, 0.717) is 6.04 Å². The van der Waals surface area contributed by atoms with Crippen LogP contribution in [-0.2, 0) is 11.3 Å². The molecule has 0 aromatic carbocycles. The molecule has 5 nitrogen and oxygen atoms in total. The van der Waals surface area contributed by atoms with Gasteiger partial charge in [-0.2, -0.15) is 0 Å². The van der Waals surface area contributed by atoms with Crippen LogP contribution in [0.5, 0.6) is 0 Å². The minimum atomic E-state index is -0.434. The molecule has 1 aromatic rings. The first-order valence-corrected chi connectivity index (χ1v) is 9.26. The molecule has 2 unspecified atom stereocenters. The van der Waals surface area contributed by atoms with Gasteiger partial charge in [0.25, 0.3) is 0 Å². The SMILES string of the molecule is Cc1csc(CNC(C)CC2CCCN2C(=O)OC(C)(C)C)n1. The zero-order valence-electron chi connectivity index (χ0n) is 14.9. The molecule has 0 radical (unpaired) electrons. The Balaban J connectivity index is 1.81. The van der Waals surface area contributed by atoms with Gasteiger partial charge in [-0.1, -0.05) is 0 Å². The van der Waals surface area contributed by atoms with Gasteiger partial charge in [0.15, 0.2) is 0 Å². The molecule has 130 valence electrons. The maximum Gasteiger partial charge on any atom is 0.410 e. The number of likely N-dealkylation sites (tertiary alicyclic amines) is 1. The summed E-state index contributed by atoms with van der Waals surface area (Å²) < 4.78 is 5.52. The summed E-state index contributed by atoms with van der Waals surface area (Å²) in [5.41, 5.74) is 0.642. The minimum absolute atomic E-state index is 0.178. The predicted octanol–water partition coefficient (Wildman–Crippen LogP) is 3.72. The van der Waals surface area contributed by atoms with Gasteiger partial charge in [-0.3, -0.25) is 0 Å². The lowest BCUT2D eigenvalue weighted by molar-refractivity contribution is 0.0214. The van der Waals surface area contributed by atoms with Crippen LogP contribution in [0.3, 0.4) is 0 Å². The van der Waals surface area contributed by atoms with Gasteiger partial charge in [-0.25, -0.2) is 9.78 Å². The lowest BCUT2D eigenvalue weighted by Gasteiger charge is -2.30. The molecular formula is C17H29N3O2S. The fourth-order valence-electron chi connectivity index (χ4n) is 2.88. The number of aromatic nitrogens is 1. The van der Waals surface area contributed by atoms with E-state index in [1.165, 1.54) is 0 Å². The fourth-order valence-corrected chi connectivity index (χ4v) is 3.60. The number of rotatable bonds is 5. The average Bonchev–Trinajstić information content (AvgIpc) is 3.03. The van der Waals surface area contributed by atoms with Crippen LogP contribution in [-0.4, -0.2) is 40.2 Å². The van der Waals surface area contributed by atoms with Crippen molar-refractivity contribution in [3.63, 3.8) is 0 Å². The summed E-state index contributed by atoms with van der Waals surface area (Å²) in [5.74, 6) is 0. The molecule has 1 amide bonds. The Morgan fingerprint density at radius 1 is 1.57 bits per heavy atom. The number of nitrogens with one attached hydrogen (secondary N) is 1. The zero-order chi connectivity index (χ0) is 17.0. The van der Waals surface area contributed by atoms with Crippen molar-refractivity contribution in [2.24, 2.45) is 0 Å². The Hall–Kier alpha value is -1.14. The summed E-state index contributed by atoms with van der Waals surface area (Å²) >= 11 is 1.69. The highest BCUT2D eigenvalue weighted by Crippen LogP contribution is 2.24. The number of carbonyl (C=O) groups is 1. The molecule has 2 atom stereocenters. The van der Waals surface area contributed by atoms with Crippen LogP contribution >= 0.6 is 11.3 Å². The molecule has 1 saturated heterocycles. The van der Waals surface area contributed by atoms with Crippen molar-refractivity contribution < 1.29 is 9.53 Å². The topological polar surface area (TPSA) is 54.5 Å². The Morgan fingerprint density at radius 3 is 2.91 bits per heavy atom. The van der Waals surface area contributed by atoms with Crippen molar-refractivity contribution in [2.75, 3.05) is 6.54 Å². The highest BCUT2D eigenvalue weighted by Gasteiger charge is 2.32. The first-order chi connectivity index (χ1) is 10.7. The van der Waals surface area contributed by atoms with Gasteiger partial charge >= 0.3 is 6.09 Å². The molecule has 1 N–H and O–H groups in total. The van der Waals surface area contributed by atoms with Crippen molar-refractivity contribution >= 4 is 17.4 Å². The fraction of sp³-hybridized carbons (Fsp3) is 0.765. The van der Waals surface area contributed by atoms with Gasteiger partial charge in [0.05, 0.1) is 0 Å². The van der Waals surface area contributed by atoms with Crippen LogP contribution in [0.1, 0.15) is 57.7 Å². The number of amides is 1. The van der Waals surface area contributed by atoms with E-state index in [1.807, 2.05) is 32.6 Å². The van der Waals surface area contributed by atoms with Crippen LogP contribution in [0.4, 0.5) is 4.79 Å². The number of aryl methyl sites for hydroxylation is 1. The standard InChI is InChI=1S/C17H29N3O2S/c1-12(18-10-15-19-13(2)11-23-15)9-14-7-6-8-20(14)16(21)22-17(3,4)5/h11-12,14,18H,6-10H2,1-5H3. The monoisotopic (exact) mass is 339 g/mol. The van der Waals surface area contributed by atoms with Gasteiger partial charge in [0, 0.05) is 36.2 Å². The maximum atomic E-state index is 12.3. The molecule has 1 aliphatic heterocycles. The van der Waals surface area contributed by atoms with E-state index in [9.17, 15) is 4.79 Å². The van der Waals surface area contributed by atoms with E-state index in [2.05, 4.69) is 22.6 Å². The summed E-state index contributed by atoms with van der Waals surface area (Å²) in [7, 11) is 0. The van der Waals surface area contributed by atoms with Gasteiger partial charge in [-0.15, -0.1) is 11.3 Å². The molecule has 0 aliphatic carbocycles. The molecule has 0 bridgehead atoms. The highest BCUT2D eigenvalue weighted by molar-refractivity contribution is 7.09. The van der Waals surface area contributed by atoms with Crippen molar-refractivity contribution in [3.8, 4) is 0 Å². The predicted molar refractivity (Wildman–Crippen MR) is 93.7 cm³/mol. The lowest BCUT2D eigenvalue weighted by atomic mass is 10.1. The van der Waals surface area contributed by atoms with Crippen LogP contribution in [0.25, 0.3) is 0 Å². The van der Waals surface area contributed by atoms with Crippen LogP contribution in [0.15, 0.2) is 5.38 Å². The Labute approximate surface area is 143 Å². The van der Waals surface area contributed by atoms with Crippen molar-refractivity contribution in [3.05, 3.63) is 16.1 Å². The third-order valence-electron chi connectivity index (χ3n) is 3.90. The summed E-state index contributed by atoms with van der Waals surface area (Å²) in [4.78, 5) is 18.7. The third kappa shape index (κ3) is 5.77. The number of hydrogen-bond acceptors (Lipinski definition) is 5. The molecule has 2 heterocycles. The maximum absolute atomic E-state index is 12.3. The molecule has 1 fully saturated rings. The van der Waals surface area contributed by atoms with Gasteiger partial charge in [0.1, 0.15) is 10.6 Å². The first kappa shape index (κ1) is 18.2. The van der Waals surface area contributed by atoms with Gasteiger partial charge < -0.3 is 15.0 Å². The molecule has 2 rings (SSSR count). The molecular weight excluding hydrogens is 310 g/mol. The van der Waals surface area contributed by atoms with E-state index in [0.717, 1.165) is 43.1 Å². The van der Waals surface area contributed by atoms with Gasteiger partial charge in [0.2, 0.25) is 0 Å². The number of hydrogen-bond donors (Lipinski definition) is 1. The first-order valence-electron chi connectivity index (χ1n) is 8.38. The molecule has 0 saturated carbocycles. The van der Waals surface area contributed by atoms with Crippen molar-refractivity contribution in [2.45, 2.75) is 78.1 Å². The largest absolute Gasteiger partial charge is 0.444 e. The summed E-state index contributed by atoms with van der Waals surface area (Å²) in [6, 6.07) is 0.609. The number of nitrogens with zero attached hydrogens (tertiary/aromatic N) is 2.